The van der Waals surface area contributed by atoms with Gasteiger partial charge in [-0.2, -0.15) is 0 Å². The van der Waals surface area contributed by atoms with E-state index in [2.05, 4.69) is 63.6 Å². The van der Waals surface area contributed by atoms with Gasteiger partial charge < -0.3 is 20.3 Å². The minimum atomic E-state index is 0. The molecule has 1 aromatic carbocycles. The van der Waals surface area contributed by atoms with Gasteiger partial charge in [0.25, 0.3) is 0 Å². The van der Waals surface area contributed by atoms with Crippen LogP contribution in [0.4, 0.5) is 5.82 Å². The molecule has 1 fully saturated rings. The lowest BCUT2D eigenvalue weighted by Gasteiger charge is -2.33. The maximum Gasteiger partial charge on any atom is 0.191 e. The average molecular weight is 523 g/mol. The van der Waals surface area contributed by atoms with Crippen LogP contribution in [0.15, 0.2) is 53.7 Å². The van der Waals surface area contributed by atoms with Gasteiger partial charge in [0.05, 0.1) is 19.8 Å². The molecule has 0 atom stereocenters. The molecule has 0 amide bonds. The van der Waals surface area contributed by atoms with Crippen molar-refractivity contribution in [2.45, 2.75) is 39.3 Å². The number of halogens is 1. The van der Waals surface area contributed by atoms with E-state index in [9.17, 15) is 0 Å². The molecule has 30 heavy (non-hydrogen) atoms. The van der Waals surface area contributed by atoms with Crippen LogP contribution >= 0.6 is 24.0 Å². The number of anilines is 1. The van der Waals surface area contributed by atoms with E-state index in [1.807, 2.05) is 24.4 Å². The van der Waals surface area contributed by atoms with E-state index < -0.39 is 0 Å². The summed E-state index contributed by atoms with van der Waals surface area (Å²) in [7, 11) is 0. The Labute approximate surface area is 197 Å². The number of nitrogens with zero attached hydrogens (tertiary/aromatic N) is 3. The fraction of sp³-hybridized carbons (Fsp3) is 0.478. The molecule has 164 valence electrons. The summed E-state index contributed by atoms with van der Waals surface area (Å²) >= 11 is 0. The Morgan fingerprint density at radius 2 is 1.93 bits per heavy atom. The number of aliphatic imine (C=N–C) groups is 1. The molecule has 6 nitrogen and oxygen atoms in total. The van der Waals surface area contributed by atoms with Gasteiger partial charge >= 0.3 is 0 Å². The summed E-state index contributed by atoms with van der Waals surface area (Å²) < 4.78 is 5.73. The third kappa shape index (κ3) is 8.10. The molecule has 1 aliphatic heterocycles. The van der Waals surface area contributed by atoms with Crippen molar-refractivity contribution in [3.63, 3.8) is 0 Å². The average Bonchev–Trinajstić information content (AvgIpc) is 2.75. The van der Waals surface area contributed by atoms with Crippen LogP contribution in [0.25, 0.3) is 0 Å². The lowest BCUT2D eigenvalue weighted by atomic mass is 10.1. The Bertz CT molecular complexity index is 746. The molecule has 7 heteroatoms. The molecule has 0 spiro atoms. The Hall–Kier alpha value is -1.87. The molecule has 2 N–H and O–H groups in total. The lowest BCUT2D eigenvalue weighted by Crippen LogP contribution is -2.49. The molecule has 3 rings (SSSR count). The Balaban J connectivity index is 0.00000320. The van der Waals surface area contributed by atoms with E-state index in [4.69, 9.17) is 4.74 Å². The number of hydrogen-bond acceptors (Lipinski definition) is 4. The topological polar surface area (TPSA) is 61.8 Å². The van der Waals surface area contributed by atoms with Crippen LogP contribution < -0.4 is 15.5 Å². The normalized spacial score (nSPS) is 14.9. The van der Waals surface area contributed by atoms with Gasteiger partial charge in [-0.15, -0.1) is 24.0 Å². The third-order valence-corrected chi connectivity index (χ3v) is 5.02. The van der Waals surface area contributed by atoms with Crippen LogP contribution in [0.2, 0.25) is 0 Å². The zero-order chi connectivity index (χ0) is 20.3. The molecule has 1 saturated heterocycles. The molecule has 0 radical (unpaired) electrons. The van der Waals surface area contributed by atoms with Crippen molar-refractivity contribution in [1.82, 2.24) is 15.6 Å². The fourth-order valence-electron chi connectivity index (χ4n) is 3.40. The maximum atomic E-state index is 5.73. The number of benzene rings is 1. The quantitative estimate of drug-likeness (QED) is 0.239. The lowest BCUT2D eigenvalue weighted by molar-refractivity contribution is 0.128. The summed E-state index contributed by atoms with van der Waals surface area (Å²) in [5.74, 6) is 1.95. The molecule has 2 heterocycles. The van der Waals surface area contributed by atoms with Crippen molar-refractivity contribution >= 4 is 35.8 Å². The van der Waals surface area contributed by atoms with Gasteiger partial charge in [-0.1, -0.05) is 36.4 Å². The summed E-state index contributed by atoms with van der Waals surface area (Å²) in [4.78, 5) is 11.6. The first kappa shape index (κ1) is 24.4. The number of hydrogen-bond donors (Lipinski definition) is 2. The van der Waals surface area contributed by atoms with Crippen molar-refractivity contribution in [3.8, 4) is 0 Å². The maximum absolute atomic E-state index is 5.73. The molecule has 0 aliphatic carbocycles. The summed E-state index contributed by atoms with van der Waals surface area (Å²) in [6.07, 6.45) is 4.09. The number of pyridine rings is 1. The van der Waals surface area contributed by atoms with Crippen LogP contribution in [-0.4, -0.2) is 49.8 Å². The van der Waals surface area contributed by atoms with Crippen molar-refractivity contribution in [2.75, 3.05) is 37.7 Å². The fourth-order valence-corrected chi connectivity index (χ4v) is 3.40. The predicted octanol–water partition coefficient (Wildman–Crippen LogP) is 3.75. The van der Waals surface area contributed by atoms with Crippen molar-refractivity contribution < 1.29 is 4.74 Å². The number of ether oxygens (including phenoxy) is 1. The first-order chi connectivity index (χ1) is 14.2. The Morgan fingerprint density at radius 1 is 1.17 bits per heavy atom. The highest BCUT2D eigenvalue weighted by Crippen LogP contribution is 2.18. The van der Waals surface area contributed by atoms with E-state index in [1.54, 1.807) is 0 Å². The number of aromatic nitrogens is 1. The number of piperidine rings is 1. The SMILES string of the molecule is CCNC(=NCCOCc1ccccc1)NC1CCN(c2ccc(C)cn2)CC1.I. The second-order valence-electron chi connectivity index (χ2n) is 7.40. The van der Waals surface area contributed by atoms with E-state index in [0.29, 0.717) is 25.8 Å². The molecule has 1 aliphatic rings. The van der Waals surface area contributed by atoms with Gasteiger partial charge in [0.15, 0.2) is 5.96 Å². The highest BCUT2D eigenvalue weighted by molar-refractivity contribution is 14.0. The monoisotopic (exact) mass is 523 g/mol. The minimum Gasteiger partial charge on any atom is -0.375 e. The van der Waals surface area contributed by atoms with Crippen molar-refractivity contribution in [1.29, 1.82) is 0 Å². The smallest absolute Gasteiger partial charge is 0.191 e. The van der Waals surface area contributed by atoms with Gasteiger partial charge in [-0.05, 0) is 43.9 Å². The zero-order valence-corrected chi connectivity index (χ0v) is 20.3. The Morgan fingerprint density at radius 3 is 2.60 bits per heavy atom. The number of guanidine groups is 1. The molecule has 0 bridgehead atoms. The van der Waals surface area contributed by atoms with E-state index in [1.165, 1.54) is 11.1 Å². The van der Waals surface area contributed by atoms with Gasteiger partial charge in [0.2, 0.25) is 0 Å². The molecule has 2 aromatic rings. The van der Waals surface area contributed by atoms with E-state index in [-0.39, 0.29) is 24.0 Å². The highest BCUT2D eigenvalue weighted by Gasteiger charge is 2.20. The predicted molar refractivity (Wildman–Crippen MR) is 135 cm³/mol. The van der Waals surface area contributed by atoms with Crippen molar-refractivity contribution in [3.05, 3.63) is 59.8 Å². The van der Waals surface area contributed by atoms with Crippen LogP contribution in [0.1, 0.15) is 30.9 Å². The zero-order valence-electron chi connectivity index (χ0n) is 18.0. The van der Waals surface area contributed by atoms with Crippen LogP contribution in [0.3, 0.4) is 0 Å². The highest BCUT2D eigenvalue weighted by atomic mass is 127. The number of nitrogens with one attached hydrogen (secondary N) is 2. The summed E-state index contributed by atoms with van der Waals surface area (Å²) in [5.41, 5.74) is 2.39. The van der Waals surface area contributed by atoms with Gasteiger partial charge in [-0.25, -0.2) is 4.98 Å². The van der Waals surface area contributed by atoms with Gasteiger partial charge in [0.1, 0.15) is 5.82 Å². The van der Waals surface area contributed by atoms with E-state index in [0.717, 1.165) is 44.3 Å². The second kappa shape index (κ2) is 13.4. The van der Waals surface area contributed by atoms with Crippen molar-refractivity contribution in [2.24, 2.45) is 4.99 Å². The number of rotatable bonds is 8. The molecule has 1 aromatic heterocycles. The molecule has 0 unspecified atom stereocenters. The summed E-state index contributed by atoms with van der Waals surface area (Å²) in [6, 6.07) is 14.9. The summed E-state index contributed by atoms with van der Waals surface area (Å²) in [5, 5.41) is 6.93. The third-order valence-electron chi connectivity index (χ3n) is 5.02. The number of aryl methyl sites for hydroxylation is 1. The van der Waals surface area contributed by atoms with Gasteiger partial charge in [0, 0.05) is 31.9 Å². The Kier molecular flexibility index (Phi) is 10.9. The molecular formula is C23H34IN5O. The van der Waals surface area contributed by atoms with Gasteiger partial charge in [-0.3, -0.25) is 4.99 Å². The second-order valence-corrected chi connectivity index (χ2v) is 7.40. The molecule has 0 saturated carbocycles. The van der Waals surface area contributed by atoms with Crippen LogP contribution in [0.5, 0.6) is 0 Å². The van der Waals surface area contributed by atoms with E-state index >= 15 is 0 Å². The van der Waals surface area contributed by atoms with Crippen LogP contribution in [0, 0.1) is 6.92 Å². The molecular weight excluding hydrogens is 489 g/mol. The first-order valence-corrected chi connectivity index (χ1v) is 10.6. The van der Waals surface area contributed by atoms with Crippen LogP contribution in [-0.2, 0) is 11.3 Å². The standard InChI is InChI=1S/C23H33N5O.HI/c1-3-24-23(25-13-16-29-18-20-7-5-4-6-8-20)27-21-11-14-28(15-12-21)22-10-9-19(2)17-26-22;/h4-10,17,21H,3,11-16,18H2,1-2H3,(H2,24,25,27);1H. The summed E-state index contributed by atoms with van der Waals surface area (Å²) in [6.45, 7) is 8.92. The minimum absolute atomic E-state index is 0. The first-order valence-electron chi connectivity index (χ1n) is 10.6. The largest absolute Gasteiger partial charge is 0.375 e.